The molecule has 0 unspecified atom stereocenters. The van der Waals surface area contributed by atoms with Gasteiger partial charge in [0.25, 0.3) is 0 Å². The molecule has 28 heavy (non-hydrogen) atoms. The van der Waals surface area contributed by atoms with E-state index >= 15 is 0 Å². The largest absolute Gasteiger partial charge is 0.384 e. The molecule has 2 fully saturated rings. The van der Waals surface area contributed by atoms with E-state index < -0.39 is 0 Å². The lowest BCUT2D eigenvalue weighted by Crippen LogP contribution is -2.41. The lowest BCUT2D eigenvalue weighted by molar-refractivity contribution is 0.133. The van der Waals surface area contributed by atoms with E-state index in [1.165, 1.54) is 18.2 Å². The molecule has 2 aliphatic rings. The van der Waals surface area contributed by atoms with Crippen molar-refractivity contribution in [3.8, 4) is 0 Å². The van der Waals surface area contributed by atoms with Crippen molar-refractivity contribution in [3.05, 3.63) is 35.9 Å². The Bertz CT molecular complexity index is 1010. The second-order valence-corrected chi connectivity index (χ2v) is 8.97. The summed E-state index contributed by atoms with van der Waals surface area (Å²) < 4.78 is 7.71. The highest BCUT2D eigenvalue weighted by molar-refractivity contribution is 7.99. The average molecular weight is 417 g/mol. The van der Waals surface area contributed by atoms with Crippen molar-refractivity contribution in [2.45, 2.75) is 29.1 Å². The van der Waals surface area contributed by atoms with Crippen LogP contribution in [-0.2, 0) is 4.74 Å². The molecule has 146 valence electrons. The molecule has 5 rings (SSSR count). The monoisotopic (exact) mass is 416 g/mol. The van der Waals surface area contributed by atoms with Gasteiger partial charge in [0.1, 0.15) is 5.82 Å². The van der Waals surface area contributed by atoms with Gasteiger partial charge < -0.3 is 15.4 Å². The molecule has 9 heteroatoms. The van der Waals surface area contributed by atoms with E-state index in [1.54, 1.807) is 12.3 Å². The first-order chi connectivity index (χ1) is 13.6. The molecule has 0 bridgehead atoms. The number of rotatable bonds is 3. The summed E-state index contributed by atoms with van der Waals surface area (Å²) >= 11 is 7.78. The SMILES string of the molecule is Nc1cc(Sc2cnc(N3CCC4(CCOC4)CC3)n3ccnc23)c(Cl)cn1. The molecular weight excluding hydrogens is 396 g/mol. The van der Waals surface area contributed by atoms with Gasteiger partial charge in [-0.3, -0.25) is 4.40 Å². The Morgan fingerprint density at radius 3 is 2.75 bits per heavy atom. The molecule has 0 radical (unpaired) electrons. The number of nitrogens with two attached hydrogens (primary N) is 1. The highest BCUT2D eigenvalue weighted by Gasteiger charge is 2.38. The molecule has 0 aliphatic carbocycles. The first-order valence-corrected chi connectivity index (χ1v) is 10.6. The summed E-state index contributed by atoms with van der Waals surface area (Å²) in [6, 6.07) is 1.77. The van der Waals surface area contributed by atoms with E-state index in [4.69, 9.17) is 27.1 Å². The van der Waals surface area contributed by atoms with Gasteiger partial charge >= 0.3 is 0 Å². The number of nitrogen functional groups attached to an aromatic ring is 1. The molecule has 1 spiro atoms. The number of aromatic nitrogens is 4. The van der Waals surface area contributed by atoms with E-state index in [-0.39, 0.29) is 0 Å². The molecule has 2 aliphatic heterocycles. The van der Waals surface area contributed by atoms with E-state index in [0.29, 0.717) is 16.3 Å². The Kier molecular flexibility index (Phi) is 4.57. The number of piperidine rings is 1. The number of anilines is 2. The summed E-state index contributed by atoms with van der Waals surface area (Å²) in [6.45, 7) is 3.78. The van der Waals surface area contributed by atoms with Gasteiger partial charge in [-0.05, 0) is 30.7 Å². The Balaban J connectivity index is 1.43. The van der Waals surface area contributed by atoms with Crippen LogP contribution in [0.5, 0.6) is 0 Å². The van der Waals surface area contributed by atoms with Crippen molar-refractivity contribution in [1.29, 1.82) is 0 Å². The number of fused-ring (bicyclic) bond motifs is 1. The van der Waals surface area contributed by atoms with Crippen LogP contribution in [0.1, 0.15) is 19.3 Å². The molecule has 0 amide bonds. The molecule has 2 N–H and O–H groups in total. The maximum absolute atomic E-state index is 6.28. The van der Waals surface area contributed by atoms with Crippen LogP contribution < -0.4 is 10.6 Å². The summed E-state index contributed by atoms with van der Waals surface area (Å²) in [7, 11) is 0. The number of ether oxygens (including phenoxy) is 1. The van der Waals surface area contributed by atoms with Crippen LogP contribution in [0.4, 0.5) is 11.8 Å². The normalized spacial score (nSPS) is 19.0. The van der Waals surface area contributed by atoms with E-state index in [2.05, 4.69) is 19.3 Å². The summed E-state index contributed by atoms with van der Waals surface area (Å²) in [5, 5.41) is 0.563. The molecule has 0 aromatic carbocycles. The second-order valence-electron chi connectivity index (χ2n) is 7.47. The number of imidazole rings is 1. The second kappa shape index (κ2) is 7.09. The molecule has 0 saturated carbocycles. The highest BCUT2D eigenvalue weighted by atomic mass is 35.5. The van der Waals surface area contributed by atoms with Crippen molar-refractivity contribution >= 4 is 40.8 Å². The Morgan fingerprint density at radius 2 is 1.96 bits per heavy atom. The van der Waals surface area contributed by atoms with E-state index in [1.807, 2.05) is 18.6 Å². The van der Waals surface area contributed by atoms with Gasteiger partial charge in [-0.15, -0.1) is 0 Å². The van der Waals surface area contributed by atoms with Crippen LogP contribution >= 0.6 is 23.4 Å². The van der Waals surface area contributed by atoms with Crippen LogP contribution in [0.15, 0.2) is 40.6 Å². The minimum absolute atomic E-state index is 0.373. The lowest BCUT2D eigenvalue weighted by atomic mass is 9.78. The summed E-state index contributed by atoms with van der Waals surface area (Å²) in [5.74, 6) is 1.37. The van der Waals surface area contributed by atoms with Crippen LogP contribution in [0, 0.1) is 5.41 Å². The summed E-state index contributed by atoms with van der Waals surface area (Å²) in [6.07, 6.45) is 10.7. The molecule has 5 heterocycles. The number of nitrogens with zero attached hydrogens (tertiary/aromatic N) is 5. The minimum Gasteiger partial charge on any atom is -0.384 e. The molecule has 2 saturated heterocycles. The average Bonchev–Trinajstić information content (AvgIpc) is 3.36. The third-order valence-corrected chi connectivity index (χ3v) is 7.21. The maximum atomic E-state index is 6.28. The van der Waals surface area contributed by atoms with Gasteiger partial charge in [-0.1, -0.05) is 23.4 Å². The summed E-state index contributed by atoms with van der Waals surface area (Å²) in [4.78, 5) is 17.5. The molecule has 3 aromatic rings. The van der Waals surface area contributed by atoms with Gasteiger partial charge in [-0.2, -0.15) is 0 Å². The fraction of sp³-hybridized carbons (Fsp3) is 0.421. The highest BCUT2D eigenvalue weighted by Crippen LogP contribution is 2.41. The predicted molar refractivity (Wildman–Crippen MR) is 110 cm³/mol. The topological polar surface area (TPSA) is 81.6 Å². The molecule has 7 nitrogen and oxygen atoms in total. The maximum Gasteiger partial charge on any atom is 0.211 e. The van der Waals surface area contributed by atoms with Crippen molar-refractivity contribution in [1.82, 2.24) is 19.4 Å². The fourth-order valence-electron chi connectivity index (χ4n) is 4.05. The predicted octanol–water partition coefficient (Wildman–Crippen LogP) is 3.52. The standard InChI is InChI=1S/C19H21ClN6OS/c20-13-10-23-16(21)9-14(13)28-15-11-24-18(26-7-4-22-17(15)26)25-5-1-19(2-6-25)3-8-27-12-19/h4,7,9-11H,1-3,5-6,8,12H2,(H2,21,23). The van der Waals surface area contributed by atoms with Gasteiger partial charge in [0.2, 0.25) is 5.95 Å². The Hall–Kier alpha value is -2.03. The van der Waals surface area contributed by atoms with Crippen molar-refractivity contribution in [2.75, 3.05) is 36.9 Å². The van der Waals surface area contributed by atoms with Crippen LogP contribution in [0.3, 0.4) is 0 Å². The zero-order chi connectivity index (χ0) is 19.1. The third-order valence-electron chi connectivity index (χ3n) is 5.73. The Morgan fingerprint density at radius 1 is 1.11 bits per heavy atom. The van der Waals surface area contributed by atoms with Gasteiger partial charge in [0.15, 0.2) is 5.65 Å². The van der Waals surface area contributed by atoms with E-state index in [0.717, 1.165) is 60.5 Å². The first-order valence-electron chi connectivity index (χ1n) is 9.37. The molecular formula is C19H21ClN6OS. The van der Waals surface area contributed by atoms with Gasteiger partial charge in [0.05, 0.1) is 16.5 Å². The fourth-order valence-corrected chi connectivity index (χ4v) is 5.18. The van der Waals surface area contributed by atoms with Crippen LogP contribution in [0.25, 0.3) is 5.65 Å². The number of halogens is 1. The number of pyridine rings is 1. The zero-order valence-electron chi connectivity index (χ0n) is 15.3. The van der Waals surface area contributed by atoms with Crippen molar-refractivity contribution < 1.29 is 4.74 Å². The van der Waals surface area contributed by atoms with E-state index in [9.17, 15) is 0 Å². The van der Waals surface area contributed by atoms with Gasteiger partial charge in [-0.25, -0.2) is 15.0 Å². The zero-order valence-corrected chi connectivity index (χ0v) is 16.9. The first kappa shape index (κ1) is 18.0. The third kappa shape index (κ3) is 3.19. The van der Waals surface area contributed by atoms with Crippen LogP contribution in [0.2, 0.25) is 5.02 Å². The molecule has 0 atom stereocenters. The minimum atomic E-state index is 0.373. The molecule has 3 aromatic heterocycles. The summed E-state index contributed by atoms with van der Waals surface area (Å²) in [5.41, 5.74) is 7.05. The van der Waals surface area contributed by atoms with Crippen molar-refractivity contribution in [2.24, 2.45) is 5.41 Å². The number of hydrogen-bond acceptors (Lipinski definition) is 7. The lowest BCUT2D eigenvalue weighted by Gasteiger charge is -2.38. The smallest absolute Gasteiger partial charge is 0.211 e. The van der Waals surface area contributed by atoms with Crippen LogP contribution in [-0.4, -0.2) is 45.7 Å². The Labute approximate surface area is 172 Å². The van der Waals surface area contributed by atoms with Gasteiger partial charge in [0, 0.05) is 49.4 Å². The quantitative estimate of drug-likeness (QED) is 0.699. The number of hydrogen-bond donors (Lipinski definition) is 1. The van der Waals surface area contributed by atoms with Crippen molar-refractivity contribution in [3.63, 3.8) is 0 Å².